The summed E-state index contributed by atoms with van der Waals surface area (Å²) in [6.07, 6.45) is -0.574. The van der Waals surface area contributed by atoms with Gasteiger partial charge in [-0.15, -0.1) is 0 Å². The number of hydrogen-bond acceptors (Lipinski definition) is 2. The minimum atomic E-state index is -0.574. The van der Waals surface area contributed by atoms with E-state index in [1.807, 2.05) is 73.7 Å². The monoisotopic (exact) mass is 305 g/mol. The van der Waals surface area contributed by atoms with Gasteiger partial charge >= 0.3 is 0 Å². The van der Waals surface area contributed by atoms with E-state index in [1.165, 1.54) is 0 Å². The highest BCUT2D eigenvalue weighted by atomic mass is 16.5. The number of aryl methyl sites for hydroxylation is 1. The van der Waals surface area contributed by atoms with Crippen LogP contribution in [0.2, 0.25) is 0 Å². The maximum Gasteiger partial charge on any atom is 0.265 e. The number of fused-ring (bicyclic) bond motifs is 1. The van der Waals surface area contributed by atoms with Gasteiger partial charge in [0.1, 0.15) is 5.75 Å². The molecule has 0 heterocycles. The zero-order valence-electron chi connectivity index (χ0n) is 13.2. The van der Waals surface area contributed by atoms with Crippen molar-refractivity contribution in [2.24, 2.45) is 0 Å². The molecule has 1 N–H and O–H groups in total. The van der Waals surface area contributed by atoms with Gasteiger partial charge in [-0.05, 0) is 36.9 Å². The van der Waals surface area contributed by atoms with Gasteiger partial charge < -0.3 is 10.1 Å². The second kappa shape index (κ2) is 6.53. The molecule has 0 aliphatic heterocycles. The molecule has 0 aliphatic rings. The molecule has 3 nitrogen and oxygen atoms in total. The first-order valence-electron chi connectivity index (χ1n) is 7.66. The number of benzene rings is 3. The predicted molar refractivity (Wildman–Crippen MR) is 93.8 cm³/mol. The molecule has 0 aromatic heterocycles. The minimum Gasteiger partial charge on any atom is -0.481 e. The maximum absolute atomic E-state index is 12.4. The van der Waals surface area contributed by atoms with E-state index in [9.17, 15) is 4.79 Å². The third-order valence-corrected chi connectivity index (χ3v) is 3.81. The molecule has 23 heavy (non-hydrogen) atoms. The molecule has 3 aromatic carbocycles. The standard InChI is InChI=1S/C20H19NO2/c1-14-8-3-6-13-19(14)23-15(2)20(22)21-18-12-7-10-16-9-4-5-11-17(16)18/h3-13,15H,1-2H3,(H,21,22)/t15-/m0/s1. The normalized spacial score (nSPS) is 11.9. The quantitative estimate of drug-likeness (QED) is 0.767. The molecule has 0 aliphatic carbocycles. The van der Waals surface area contributed by atoms with Crippen LogP contribution in [0.5, 0.6) is 5.75 Å². The Kier molecular flexibility index (Phi) is 4.29. The zero-order valence-corrected chi connectivity index (χ0v) is 13.2. The molecule has 3 heteroatoms. The van der Waals surface area contributed by atoms with Crippen LogP contribution in [0.1, 0.15) is 12.5 Å². The number of ether oxygens (including phenoxy) is 1. The van der Waals surface area contributed by atoms with Crippen molar-refractivity contribution >= 4 is 22.4 Å². The largest absolute Gasteiger partial charge is 0.481 e. The van der Waals surface area contributed by atoms with Crippen LogP contribution >= 0.6 is 0 Å². The van der Waals surface area contributed by atoms with E-state index in [2.05, 4.69) is 5.32 Å². The molecular weight excluding hydrogens is 286 g/mol. The molecule has 0 spiro atoms. The van der Waals surface area contributed by atoms with Gasteiger partial charge in [0.25, 0.3) is 5.91 Å². The summed E-state index contributed by atoms with van der Waals surface area (Å²) in [5.41, 5.74) is 1.81. The van der Waals surface area contributed by atoms with E-state index in [0.29, 0.717) is 0 Å². The van der Waals surface area contributed by atoms with E-state index in [1.54, 1.807) is 6.92 Å². The van der Waals surface area contributed by atoms with E-state index in [0.717, 1.165) is 27.8 Å². The molecule has 3 rings (SSSR count). The van der Waals surface area contributed by atoms with Gasteiger partial charge in [-0.1, -0.05) is 54.6 Å². The van der Waals surface area contributed by atoms with Crippen LogP contribution in [-0.4, -0.2) is 12.0 Å². The number of para-hydroxylation sites is 1. The first-order chi connectivity index (χ1) is 11.1. The summed E-state index contributed by atoms with van der Waals surface area (Å²) in [5, 5.41) is 5.08. The summed E-state index contributed by atoms with van der Waals surface area (Å²) in [7, 11) is 0. The van der Waals surface area contributed by atoms with Gasteiger partial charge in [0, 0.05) is 11.1 Å². The van der Waals surface area contributed by atoms with Gasteiger partial charge in [0.05, 0.1) is 0 Å². The molecule has 0 fully saturated rings. The average molecular weight is 305 g/mol. The third-order valence-electron chi connectivity index (χ3n) is 3.81. The zero-order chi connectivity index (χ0) is 16.2. The highest BCUT2D eigenvalue weighted by Crippen LogP contribution is 2.24. The van der Waals surface area contributed by atoms with Crippen molar-refractivity contribution in [2.75, 3.05) is 5.32 Å². The van der Waals surface area contributed by atoms with Gasteiger partial charge in [-0.25, -0.2) is 0 Å². The number of carbonyl (C=O) groups excluding carboxylic acids is 1. The Morgan fingerprint density at radius 2 is 1.65 bits per heavy atom. The van der Waals surface area contributed by atoms with Crippen molar-refractivity contribution in [1.29, 1.82) is 0 Å². The average Bonchev–Trinajstić information content (AvgIpc) is 2.57. The number of hydrogen-bond donors (Lipinski definition) is 1. The Labute approximate surface area is 135 Å². The number of anilines is 1. The summed E-state index contributed by atoms with van der Waals surface area (Å²) in [4.78, 5) is 12.4. The topological polar surface area (TPSA) is 38.3 Å². The van der Waals surface area contributed by atoms with Gasteiger partial charge in [-0.3, -0.25) is 4.79 Å². The summed E-state index contributed by atoms with van der Waals surface area (Å²) in [6, 6.07) is 21.5. The van der Waals surface area contributed by atoms with Crippen LogP contribution in [0.3, 0.4) is 0 Å². The van der Waals surface area contributed by atoms with Crippen LogP contribution < -0.4 is 10.1 Å². The number of amides is 1. The molecule has 0 radical (unpaired) electrons. The maximum atomic E-state index is 12.4. The van der Waals surface area contributed by atoms with E-state index in [-0.39, 0.29) is 5.91 Å². The van der Waals surface area contributed by atoms with Crippen LogP contribution in [0.15, 0.2) is 66.7 Å². The fraction of sp³-hybridized carbons (Fsp3) is 0.150. The molecule has 0 bridgehead atoms. The molecule has 1 atom stereocenters. The smallest absolute Gasteiger partial charge is 0.265 e. The van der Waals surface area contributed by atoms with Crippen LogP contribution in [0.4, 0.5) is 5.69 Å². The van der Waals surface area contributed by atoms with Crippen LogP contribution in [0.25, 0.3) is 10.8 Å². The van der Waals surface area contributed by atoms with Crippen molar-refractivity contribution in [2.45, 2.75) is 20.0 Å². The first kappa shape index (κ1) is 15.1. The second-order valence-corrected chi connectivity index (χ2v) is 5.54. The highest BCUT2D eigenvalue weighted by molar-refractivity contribution is 6.03. The first-order valence-corrected chi connectivity index (χ1v) is 7.66. The van der Waals surface area contributed by atoms with Crippen LogP contribution in [-0.2, 0) is 4.79 Å². The second-order valence-electron chi connectivity index (χ2n) is 5.54. The lowest BCUT2D eigenvalue weighted by Gasteiger charge is -2.17. The fourth-order valence-corrected chi connectivity index (χ4v) is 2.50. The van der Waals surface area contributed by atoms with E-state index >= 15 is 0 Å². The molecule has 0 saturated carbocycles. The summed E-state index contributed by atoms with van der Waals surface area (Å²) in [6.45, 7) is 3.72. The Morgan fingerprint density at radius 3 is 2.48 bits per heavy atom. The van der Waals surface area contributed by atoms with Crippen molar-refractivity contribution in [3.63, 3.8) is 0 Å². The Balaban J connectivity index is 1.77. The van der Waals surface area contributed by atoms with Gasteiger partial charge in [-0.2, -0.15) is 0 Å². The van der Waals surface area contributed by atoms with Crippen molar-refractivity contribution < 1.29 is 9.53 Å². The van der Waals surface area contributed by atoms with Crippen LogP contribution in [0, 0.1) is 6.92 Å². The SMILES string of the molecule is Cc1ccccc1O[C@@H](C)C(=O)Nc1cccc2ccccc12. The Bertz CT molecular complexity index is 836. The van der Waals surface area contributed by atoms with Gasteiger partial charge in [0.15, 0.2) is 6.10 Å². The lowest BCUT2D eigenvalue weighted by Crippen LogP contribution is -2.30. The molecule has 0 saturated heterocycles. The van der Waals surface area contributed by atoms with Gasteiger partial charge in [0.2, 0.25) is 0 Å². The third kappa shape index (κ3) is 3.34. The predicted octanol–water partition coefficient (Wildman–Crippen LogP) is 4.55. The minimum absolute atomic E-state index is 0.162. The number of nitrogens with one attached hydrogen (secondary N) is 1. The molecule has 0 unspecified atom stereocenters. The summed E-state index contributed by atoms with van der Waals surface area (Å²) in [5.74, 6) is 0.567. The Morgan fingerprint density at radius 1 is 0.957 bits per heavy atom. The van der Waals surface area contributed by atoms with E-state index < -0.39 is 6.10 Å². The Hall–Kier alpha value is -2.81. The highest BCUT2D eigenvalue weighted by Gasteiger charge is 2.16. The van der Waals surface area contributed by atoms with Crippen molar-refractivity contribution in [1.82, 2.24) is 0 Å². The van der Waals surface area contributed by atoms with Crippen molar-refractivity contribution in [3.05, 3.63) is 72.3 Å². The summed E-state index contributed by atoms with van der Waals surface area (Å²) >= 11 is 0. The lowest BCUT2D eigenvalue weighted by molar-refractivity contribution is -0.122. The molecular formula is C20H19NO2. The molecule has 3 aromatic rings. The van der Waals surface area contributed by atoms with Crippen molar-refractivity contribution in [3.8, 4) is 5.75 Å². The number of carbonyl (C=O) groups is 1. The lowest BCUT2D eigenvalue weighted by atomic mass is 10.1. The molecule has 116 valence electrons. The fourth-order valence-electron chi connectivity index (χ4n) is 2.50. The number of rotatable bonds is 4. The summed E-state index contributed by atoms with van der Waals surface area (Å²) < 4.78 is 5.78. The van der Waals surface area contributed by atoms with E-state index in [4.69, 9.17) is 4.74 Å². The molecule has 1 amide bonds.